The van der Waals surface area contributed by atoms with Gasteiger partial charge in [-0.2, -0.15) is 0 Å². The molecule has 0 spiro atoms. The van der Waals surface area contributed by atoms with Crippen molar-refractivity contribution in [2.75, 3.05) is 20.2 Å². The molecule has 1 saturated heterocycles. The summed E-state index contributed by atoms with van der Waals surface area (Å²) in [7, 11) is 1.60. The largest absolute Gasteiger partial charge is 0.480 e. The lowest BCUT2D eigenvalue weighted by Gasteiger charge is -2.41. The minimum atomic E-state index is -0.299. The van der Waals surface area contributed by atoms with E-state index in [9.17, 15) is 4.79 Å². The Hall–Kier alpha value is -3.81. The molecule has 1 aliphatic rings. The molecule has 0 aliphatic carbocycles. The molecule has 1 fully saturated rings. The molecule has 0 radical (unpaired) electrons. The van der Waals surface area contributed by atoms with Crippen molar-refractivity contribution < 1.29 is 9.53 Å². The van der Waals surface area contributed by atoms with Crippen molar-refractivity contribution in [3.63, 3.8) is 0 Å². The molecule has 0 saturated carbocycles. The highest BCUT2D eigenvalue weighted by Gasteiger charge is 2.41. The Morgan fingerprint density at radius 2 is 1.77 bits per heavy atom. The van der Waals surface area contributed by atoms with Crippen LogP contribution in [0.5, 0.6) is 5.88 Å². The van der Waals surface area contributed by atoms with Crippen LogP contribution < -0.4 is 4.74 Å². The van der Waals surface area contributed by atoms with E-state index < -0.39 is 0 Å². The van der Waals surface area contributed by atoms with E-state index in [-0.39, 0.29) is 11.3 Å². The molecule has 8 nitrogen and oxygen atoms in total. The first kappa shape index (κ1) is 19.2. The zero-order valence-corrected chi connectivity index (χ0v) is 17.2. The van der Waals surface area contributed by atoms with E-state index in [0.717, 1.165) is 24.2 Å². The van der Waals surface area contributed by atoms with Gasteiger partial charge in [0.1, 0.15) is 6.33 Å². The summed E-state index contributed by atoms with van der Waals surface area (Å²) in [6.45, 7) is 1.24. The fourth-order valence-corrected chi connectivity index (χ4v) is 4.34. The van der Waals surface area contributed by atoms with Gasteiger partial charge >= 0.3 is 0 Å². The van der Waals surface area contributed by atoms with E-state index in [1.807, 2.05) is 41.4 Å². The third kappa shape index (κ3) is 3.39. The monoisotopic (exact) mass is 414 g/mol. The van der Waals surface area contributed by atoms with Gasteiger partial charge in [-0.15, -0.1) is 5.10 Å². The van der Waals surface area contributed by atoms with Gasteiger partial charge in [-0.25, -0.2) is 19.5 Å². The van der Waals surface area contributed by atoms with Crippen LogP contribution in [0.2, 0.25) is 0 Å². The van der Waals surface area contributed by atoms with Crippen molar-refractivity contribution in [1.82, 2.24) is 29.5 Å². The summed E-state index contributed by atoms with van der Waals surface area (Å²) in [6, 6.07) is 14.1. The molecule has 8 heteroatoms. The number of piperidine rings is 1. The zero-order chi connectivity index (χ0) is 21.3. The van der Waals surface area contributed by atoms with E-state index in [2.05, 4.69) is 27.2 Å². The number of imidazole rings is 1. The minimum absolute atomic E-state index is 0.0383. The number of ether oxygens (including phenoxy) is 1. The van der Waals surface area contributed by atoms with Crippen LogP contribution in [0.1, 0.15) is 34.5 Å². The number of hydrogen-bond donors (Lipinski definition) is 0. The van der Waals surface area contributed by atoms with E-state index in [0.29, 0.717) is 24.5 Å². The van der Waals surface area contributed by atoms with Crippen molar-refractivity contribution >= 4 is 11.6 Å². The van der Waals surface area contributed by atoms with Crippen molar-refractivity contribution in [3.05, 3.63) is 84.2 Å². The summed E-state index contributed by atoms with van der Waals surface area (Å²) in [4.78, 5) is 27.6. The third-order valence-electron chi connectivity index (χ3n) is 6.03. The Balaban J connectivity index is 1.50. The summed E-state index contributed by atoms with van der Waals surface area (Å²) in [5, 5.41) is 4.47. The van der Waals surface area contributed by atoms with Gasteiger partial charge in [-0.3, -0.25) is 4.79 Å². The summed E-state index contributed by atoms with van der Waals surface area (Å²) in [5.74, 6) is 0.499. The van der Waals surface area contributed by atoms with Crippen LogP contribution in [0.3, 0.4) is 0 Å². The molecule has 0 atom stereocenters. The van der Waals surface area contributed by atoms with Gasteiger partial charge in [-0.1, -0.05) is 30.3 Å². The summed E-state index contributed by atoms with van der Waals surface area (Å²) in [5.41, 5.74) is 3.13. The molecule has 0 unspecified atom stereocenters. The zero-order valence-electron chi connectivity index (χ0n) is 17.2. The lowest BCUT2D eigenvalue weighted by atomic mass is 9.70. The quantitative estimate of drug-likeness (QED) is 0.510. The van der Waals surface area contributed by atoms with Crippen molar-refractivity contribution in [2.45, 2.75) is 18.3 Å². The number of hydrogen-bond acceptors (Lipinski definition) is 6. The smallest absolute Gasteiger partial charge is 0.256 e. The average Bonchev–Trinajstić information content (AvgIpc) is 3.28. The maximum absolute atomic E-state index is 12.9. The number of amides is 1. The number of nitrogens with zero attached hydrogens (tertiary/aromatic N) is 6. The van der Waals surface area contributed by atoms with Crippen molar-refractivity contribution in [2.24, 2.45) is 0 Å². The highest BCUT2D eigenvalue weighted by Crippen LogP contribution is 2.41. The maximum atomic E-state index is 12.9. The minimum Gasteiger partial charge on any atom is -0.480 e. The first-order valence-corrected chi connectivity index (χ1v) is 10.2. The third-order valence-corrected chi connectivity index (χ3v) is 6.03. The Kier molecular flexibility index (Phi) is 4.82. The van der Waals surface area contributed by atoms with Gasteiger partial charge in [-0.05, 0) is 24.5 Å². The van der Waals surface area contributed by atoms with E-state index in [1.165, 1.54) is 11.9 Å². The molecule has 31 heavy (non-hydrogen) atoms. The number of fused-ring (bicyclic) bond motifs is 1. The van der Waals surface area contributed by atoms with Gasteiger partial charge in [0.15, 0.2) is 5.65 Å². The second-order valence-corrected chi connectivity index (χ2v) is 7.67. The van der Waals surface area contributed by atoms with Gasteiger partial charge in [0, 0.05) is 37.0 Å². The first-order valence-electron chi connectivity index (χ1n) is 10.2. The van der Waals surface area contributed by atoms with Crippen LogP contribution >= 0.6 is 0 Å². The molecule has 1 aliphatic heterocycles. The number of benzene rings is 1. The van der Waals surface area contributed by atoms with Crippen LogP contribution in [-0.2, 0) is 5.41 Å². The Labute approximate surface area is 179 Å². The Bertz CT molecular complexity index is 1200. The molecular weight excluding hydrogens is 392 g/mol. The summed E-state index contributed by atoms with van der Waals surface area (Å²) < 4.78 is 7.02. The van der Waals surface area contributed by atoms with Crippen molar-refractivity contribution in [1.29, 1.82) is 0 Å². The van der Waals surface area contributed by atoms with Crippen LogP contribution in [-0.4, -0.2) is 55.6 Å². The summed E-state index contributed by atoms with van der Waals surface area (Å²) >= 11 is 0. The lowest BCUT2D eigenvalue weighted by Crippen LogP contribution is -2.46. The SMILES string of the molecule is COc1ccc2nc(C3(c4ccccc4)CCN(C(=O)c4cncnc4)CC3)cn2n1. The predicted octanol–water partition coefficient (Wildman–Crippen LogP) is 2.75. The van der Waals surface area contributed by atoms with E-state index in [1.54, 1.807) is 24.0 Å². The maximum Gasteiger partial charge on any atom is 0.256 e. The predicted molar refractivity (Wildman–Crippen MR) is 114 cm³/mol. The normalized spacial score (nSPS) is 15.7. The van der Waals surface area contributed by atoms with E-state index in [4.69, 9.17) is 9.72 Å². The van der Waals surface area contributed by atoms with Gasteiger partial charge < -0.3 is 9.64 Å². The molecule has 1 aromatic carbocycles. The summed E-state index contributed by atoms with van der Waals surface area (Å²) in [6.07, 6.45) is 8.06. The van der Waals surface area contributed by atoms with Crippen LogP contribution in [0.4, 0.5) is 0 Å². The van der Waals surface area contributed by atoms with Gasteiger partial charge in [0.05, 0.1) is 24.6 Å². The molecule has 0 N–H and O–H groups in total. The fraction of sp³-hybridized carbons (Fsp3) is 0.261. The molecular formula is C23H22N6O2. The first-order chi connectivity index (χ1) is 15.2. The van der Waals surface area contributed by atoms with Crippen molar-refractivity contribution in [3.8, 4) is 5.88 Å². The number of aromatic nitrogens is 5. The Morgan fingerprint density at radius 3 is 2.48 bits per heavy atom. The second-order valence-electron chi connectivity index (χ2n) is 7.67. The molecule has 156 valence electrons. The molecule has 1 amide bonds. The molecule has 4 heterocycles. The number of carbonyl (C=O) groups is 1. The standard InChI is InChI=1S/C23H22N6O2/c1-31-21-8-7-20-26-19(15-29(20)27-21)23(18-5-3-2-4-6-18)9-11-28(12-10-23)22(30)17-13-24-16-25-14-17/h2-8,13-16H,9-12H2,1H3. The second kappa shape index (κ2) is 7.79. The molecule has 5 rings (SSSR count). The topological polar surface area (TPSA) is 85.5 Å². The fourth-order valence-electron chi connectivity index (χ4n) is 4.34. The number of carbonyl (C=O) groups excluding carboxylic acids is 1. The van der Waals surface area contributed by atoms with Crippen LogP contribution in [0.25, 0.3) is 5.65 Å². The molecule has 3 aromatic heterocycles. The Morgan fingerprint density at radius 1 is 1.03 bits per heavy atom. The van der Waals surface area contributed by atoms with Gasteiger partial charge in [0.2, 0.25) is 5.88 Å². The number of likely N-dealkylation sites (tertiary alicyclic amines) is 1. The number of rotatable bonds is 4. The lowest BCUT2D eigenvalue weighted by molar-refractivity contribution is 0.0683. The van der Waals surface area contributed by atoms with Crippen LogP contribution in [0.15, 0.2) is 67.4 Å². The molecule has 4 aromatic rings. The highest BCUT2D eigenvalue weighted by molar-refractivity contribution is 5.93. The van der Waals surface area contributed by atoms with Gasteiger partial charge in [0.25, 0.3) is 5.91 Å². The van der Waals surface area contributed by atoms with E-state index >= 15 is 0 Å². The highest BCUT2D eigenvalue weighted by atomic mass is 16.5. The average molecular weight is 414 g/mol. The molecule has 0 bridgehead atoms. The number of methoxy groups -OCH3 is 1. The van der Waals surface area contributed by atoms with Crippen LogP contribution in [0, 0.1) is 0 Å².